The van der Waals surface area contributed by atoms with Gasteiger partial charge in [0.15, 0.2) is 0 Å². The summed E-state index contributed by atoms with van der Waals surface area (Å²) in [4.78, 5) is 11.1. The number of esters is 1. The highest BCUT2D eigenvalue weighted by Gasteiger charge is 2.03. The number of aliphatic hydroxyl groups is 1. The van der Waals surface area contributed by atoms with E-state index in [0.717, 1.165) is 6.61 Å². The van der Waals surface area contributed by atoms with Gasteiger partial charge in [-0.25, -0.2) is 4.79 Å². The topological polar surface area (TPSA) is 46.5 Å². The molecular formula is C9H9O3. The molecule has 0 spiro atoms. The molecule has 1 N–H and O–H groups in total. The molecule has 3 heteroatoms. The Labute approximate surface area is 70.6 Å². The molecule has 1 radical (unpaired) electrons. The molecule has 0 aliphatic rings. The molecule has 0 aliphatic carbocycles. The summed E-state index contributed by atoms with van der Waals surface area (Å²) in [6.07, 6.45) is 0. The van der Waals surface area contributed by atoms with E-state index in [4.69, 9.17) is 5.11 Å². The zero-order chi connectivity index (χ0) is 8.81. The summed E-state index contributed by atoms with van der Waals surface area (Å²) in [7, 11) is 0. The van der Waals surface area contributed by atoms with Crippen molar-refractivity contribution < 1.29 is 14.6 Å². The van der Waals surface area contributed by atoms with Gasteiger partial charge < -0.3 is 9.84 Å². The van der Waals surface area contributed by atoms with Crippen LogP contribution in [0.5, 0.6) is 0 Å². The molecule has 0 saturated carbocycles. The lowest BCUT2D eigenvalue weighted by molar-refractivity contribution is 0.0493. The Morgan fingerprint density at radius 2 is 2.08 bits per heavy atom. The number of ether oxygens (including phenoxy) is 1. The average molecular weight is 165 g/mol. The zero-order valence-corrected chi connectivity index (χ0v) is 6.43. The smallest absolute Gasteiger partial charge is 0.338 e. The molecule has 3 nitrogen and oxygen atoms in total. The molecule has 0 aromatic heterocycles. The standard InChI is InChI=1S/C9H9O3/c10-6-7-12-9(11)8-4-2-1-3-5-8/h1-6,10H,7H2. The molecule has 63 valence electrons. The van der Waals surface area contributed by atoms with Gasteiger partial charge in [-0.15, -0.1) is 0 Å². The van der Waals surface area contributed by atoms with Crippen LogP contribution in [0.4, 0.5) is 0 Å². The van der Waals surface area contributed by atoms with E-state index >= 15 is 0 Å². The Kier molecular flexibility index (Phi) is 3.29. The van der Waals surface area contributed by atoms with Crippen LogP contribution in [0, 0.1) is 6.61 Å². The van der Waals surface area contributed by atoms with Crippen LogP contribution in [0.15, 0.2) is 30.3 Å². The van der Waals surface area contributed by atoms with Crippen molar-refractivity contribution in [1.82, 2.24) is 0 Å². The molecule has 12 heavy (non-hydrogen) atoms. The van der Waals surface area contributed by atoms with Gasteiger partial charge in [-0.1, -0.05) is 18.2 Å². The van der Waals surface area contributed by atoms with E-state index in [1.807, 2.05) is 6.07 Å². The highest BCUT2D eigenvalue weighted by Crippen LogP contribution is 2.00. The summed E-state index contributed by atoms with van der Waals surface area (Å²) < 4.78 is 4.63. The normalized spacial score (nSPS) is 9.42. The number of carbonyl (C=O) groups is 1. The molecule has 1 aromatic carbocycles. The van der Waals surface area contributed by atoms with Gasteiger partial charge in [0.05, 0.1) is 5.56 Å². The number of rotatable bonds is 3. The van der Waals surface area contributed by atoms with Crippen LogP contribution in [0.3, 0.4) is 0 Å². The third-order valence-electron chi connectivity index (χ3n) is 1.30. The van der Waals surface area contributed by atoms with Crippen molar-refractivity contribution in [2.24, 2.45) is 0 Å². The first-order chi connectivity index (χ1) is 5.84. The van der Waals surface area contributed by atoms with E-state index in [1.165, 1.54) is 0 Å². The minimum Gasteiger partial charge on any atom is -0.459 e. The Bertz CT molecular complexity index is 243. The van der Waals surface area contributed by atoms with Crippen molar-refractivity contribution in [2.75, 3.05) is 6.61 Å². The maximum atomic E-state index is 11.1. The monoisotopic (exact) mass is 165 g/mol. The van der Waals surface area contributed by atoms with Crippen molar-refractivity contribution in [3.05, 3.63) is 42.5 Å². The van der Waals surface area contributed by atoms with Gasteiger partial charge in [0.1, 0.15) is 13.2 Å². The number of aliphatic hydroxyl groups excluding tert-OH is 1. The van der Waals surface area contributed by atoms with Gasteiger partial charge in [0.25, 0.3) is 0 Å². The van der Waals surface area contributed by atoms with Crippen molar-refractivity contribution in [1.29, 1.82) is 0 Å². The van der Waals surface area contributed by atoms with Crippen LogP contribution in [-0.4, -0.2) is 17.7 Å². The summed E-state index contributed by atoms with van der Waals surface area (Å²) in [5.74, 6) is -0.430. The van der Waals surface area contributed by atoms with Gasteiger partial charge in [0, 0.05) is 0 Å². The summed E-state index contributed by atoms with van der Waals surface area (Å²) in [5, 5.41) is 8.26. The van der Waals surface area contributed by atoms with E-state index in [1.54, 1.807) is 24.3 Å². The van der Waals surface area contributed by atoms with Crippen LogP contribution in [0.25, 0.3) is 0 Å². The molecular weight excluding hydrogens is 156 g/mol. The fourth-order valence-corrected chi connectivity index (χ4v) is 0.771. The highest BCUT2D eigenvalue weighted by atomic mass is 16.5. The Morgan fingerprint density at radius 3 is 2.67 bits per heavy atom. The first-order valence-corrected chi connectivity index (χ1v) is 3.52. The fraction of sp³-hybridized carbons (Fsp3) is 0.111. The molecule has 1 rings (SSSR count). The number of benzene rings is 1. The largest absolute Gasteiger partial charge is 0.459 e. The summed E-state index contributed by atoms with van der Waals surface area (Å²) >= 11 is 0. The van der Waals surface area contributed by atoms with Crippen molar-refractivity contribution in [3.8, 4) is 0 Å². The average Bonchev–Trinajstić information content (AvgIpc) is 2.15. The molecule has 0 fully saturated rings. The number of hydrogen-bond acceptors (Lipinski definition) is 3. The van der Waals surface area contributed by atoms with Crippen LogP contribution in [-0.2, 0) is 4.74 Å². The molecule has 0 aliphatic heterocycles. The zero-order valence-electron chi connectivity index (χ0n) is 6.43. The molecule has 0 amide bonds. The van der Waals surface area contributed by atoms with Gasteiger partial charge in [0.2, 0.25) is 0 Å². The van der Waals surface area contributed by atoms with Crippen molar-refractivity contribution in [2.45, 2.75) is 0 Å². The lowest BCUT2D eigenvalue weighted by atomic mass is 10.2. The quantitative estimate of drug-likeness (QED) is 0.688. The van der Waals surface area contributed by atoms with Crippen LogP contribution < -0.4 is 0 Å². The summed E-state index contributed by atoms with van der Waals surface area (Å²) in [6, 6.07) is 8.62. The second-order valence-electron chi connectivity index (χ2n) is 2.15. The fourth-order valence-electron chi connectivity index (χ4n) is 0.771. The minimum absolute atomic E-state index is 0.0757. The second-order valence-corrected chi connectivity index (χ2v) is 2.15. The first-order valence-electron chi connectivity index (χ1n) is 3.52. The van der Waals surface area contributed by atoms with Gasteiger partial charge in [-0.3, -0.25) is 0 Å². The molecule has 1 aromatic rings. The third-order valence-corrected chi connectivity index (χ3v) is 1.30. The maximum Gasteiger partial charge on any atom is 0.338 e. The van der Waals surface area contributed by atoms with E-state index in [2.05, 4.69) is 4.74 Å². The third kappa shape index (κ3) is 2.36. The summed E-state index contributed by atoms with van der Waals surface area (Å²) in [6.45, 7) is 0.717. The van der Waals surface area contributed by atoms with Crippen LogP contribution >= 0.6 is 0 Å². The maximum absolute atomic E-state index is 11.1. The van der Waals surface area contributed by atoms with E-state index in [-0.39, 0.29) is 6.61 Å². The van der Waals surface area contributed by atoms with E-state index < -0.39 is 5.97 Å². The number of hydrogen-bond donors (Lipinski definition) is 1. The molecule has 0 unspecified atom stereocenters. The Hall–Kier alpha value is -1.35. The van der Waals surface area contributed by atoms with Gasteiger partial charge in [-0.05, 0) is 12.1 Å². The number of carbonyl (C=O) groups excluding carboxylic acids is 1. The molecule has 0 saturated heterocycles. The first kappa shape index (κ1) is 8.74. The predicted molar refractivity (Wildman–Crippen MR) is 43.0 cm³/mol. The predicted octanol–water partition coefficient (Wildman–Crippen LogP) is 1.38. The second kappa shape index (κ2) is 4.51. The molecule has 0 heterocycles. The highest BCUT2D eigenvalue weighted by molar-refractivity contribution is 5.89. The van der Waals surface area contributed by atoms with Crippen LogP contribution in [0.2, 0.25) is 0 Å². The lowest BCUT2D eigenvalue weighted by Gasteiger charge is -2.00. The van der Waals surface area contributed by atoms with E-state index in [9.17, 15) is 4.79 Å². The SMILES string of the molecule is O=C(OC[CH]O)c1ccccc1. The van der Waals surface area contributed by atoms with Crippen molar-refractivity contribution in [3.63, 3.8) is 0 Å². The van der Waals surface area contributed by atoms with Gasteiger partial charge >= 0.3 is 5.97 Å². The molecule has 0 bridgehead atoms. The molecule has 0 atom stereocenters. The van der Waals surface area contributed by atoms with E-state index in [0.29, 0.717) is 5.56 Å². The Balaban J connectivity index is 2.54. The lowest BCUT2D eigenvalue weighted by Crippen LogP contribution is -2.05. The minimum atomic E-state index is -0.430. The Morgan fingerprint density at radius 1 is 1.42 bits per heavy atom. The summed E-state index contributed by atoms with van der Waals surface area (Å²) in [5.41, 5.74) is 0.486. The van der Waals surface area contributed by atoms with Gasteiger partial charge in [-0.2, -0.15) is 0 Å². The van der Waals surface area contributed by atoms with Crippen LogP contribution in [0.1, 0.15) is 10.4 Å². The van der Waals surface area contributed by atoms with Crippen molar-refractivity contribution >= 4 is 5.97 Å².